The number of fused-ring (bicyclic) bond motifs is 1. The van der Waals surface area contributed by atoms with Crippen molar-refractivity contribution >= 4 is 29.6 Å². The van der Waals surface area contributed by atoms with Gasteiger partial charge in [0.2, 0.25) is 0 Å². The molecule has 0 atom stereocenters. The molecule has 0 saturated heterocycles. The first-order valence-corrected chi connectivity index (χ1v) is 11.3. The molecule has 1 saturated carbocycles. The molecule has 0 heterocycles. The van der Waals surface area contributed by atoms with Crippen LogP contribution in [0.1, 0.15) is 39.9 Å². The Hall–Kier alpha value is -4.05. The minimum atomic E-state index is -1.05. The van der Waals surface area contributed by atoms with Gasteiger partial charge in [-0.25, -0.2) is 9.18 Å². The number of benzene rings is 2. The van der Waals surface area contributed by atoms with Crippen LogP contribution in [-0.4, -0.2) is 58.9 Å². The number of anilines is 1. The maximum absolute atomic E-state index is 14.4. The molecule has 0 aromatic heterocycles. The zero-order chi connectivity index (χ0) is 26.4. The largest absolute Gasteiger partial charge is 0.511 e. The molecule has 190 valence electrons. The number of aromatic carboxylic acids is 1. The monoisotopic (exact) mass is 497 g/mol. The van der Waals surface area contributed by atoms with E-state index in [1.807, 2.05) is 0 Å². The Bertz CT molecular complexity index is 1220. The zero-order valence-electron chi connectivity index (χ0n) is 19.7. The van der Waals surface area contributed by atoms with Gasteiger partial charge in [-0.1, -0.05) is 12.1 Å². The molecule has 0 radical (unpaired) electrons. The molecule has 0 amide bonds. The average molecular weight is 498 g/mol. The van der Waals surface area contributed by atoms with Crippen molar-refractivity contribution < 1.29 is 34.1 Å². The Morgan fingerprint density at radius 1 is 1.22 bits per heavy atom. The first-order chi connectivity index (χ1) is 17.2. The van der Waals surface area contributed by atoms with Crippen molar-refractivity contribution in [3.8, 4) is 0 Å². The number of allylic oxidation sites excluding steroid dienone is 2. The van der Waals surface area contributed by atoms with Gasteiger partial charge in [0.25, 0.3) is 6.47 Å². The van der Waals surface area contributed by atoms with Gasteiger partial charge in [0, 0.05) is 43.7 Å². The van der Waals surface area contributed by atoms with Crippen LogP contribution < -0.4 is 11.1 Å². The van der Waals surface area contributed by atoms with Crippen molar-refractivity contribution in [3.05, 3.63) is 75.8 Å². The Kier molecular flexibility index (Phi) is 8.55. The van der Waals surface area contributed by atoms with Crippen LogP contribution in [0.3, 0.4) is 0 Å². The number of nitrogens with one attached hydrogen (secondary N) is 1. The summed E-state index contributed by atoms with van der Waals surface area (Å²) in [4.78, 5) is 37.3. The minimum Gasteiger partial charge on any atom is -0.511 e. The summed E-state index contributed by atoms with van der Waals surface area (Å²) in [5.41, 5.74) is 8.68. The first kappa shape index (κ1) is 26.6. The quantitative estimate of drug-likeness (QED) is 0.231. The summed E-state index contributed by atoms with van der Waals surface area (Å²) in [6.45, 7) is 0.186. The van der Waals surface area contributed by atoms with Gasteiger partial charge in [-0.3, -0.25) is 14.6 Å². The van der Waals surface area contributed by atoms with E-state index in [1.54, 1.807) is 19.2 Å². The van der Waals surface area contributed by atoms with Crippen molar-refractivity contribution in [3.63, 3.8) is 0 Å². The molecule has 2 aromatic carbocycles. The number of aliphatic hydroxyl groups excluding tert-OH is 1. The molecule has 9 nitrogen and oxygen atoms in total. The Labute approximate surface area is 207 Å². The van der Waals surface area contributed by atoms with E-state index >= 15 is 0 Å². The van der Waals surface area contributed by atoms with Crippen LogP contribution >= 0.6 is 0 Å². The van der Waals surface area contributed by atoms with Gasteiger partial charge in [-0.15, -0.1) is 0 Å². The fourth-order valence-corrected chi connectivity index (χ4v) is 4.44. The van der Waals surface area contributed by atoms with Crippen molar-refractivity contribution in [2.45, 2.75) is 31.7 Å². The van der Waals surface area contributed by atoms with E-state index in [-0.39, 0.29) is 59.7 Å². The van der Waals surface area contributed by atoms with Gasteiger partial charge in [-0.05, 0) is 54.2 Å². The number of carbonyl (C=O) groups excluding carboxylic acids is 1. The second-order valence-electron chi connectivity index (χ2n) is 8.72. The van der Waals surface area contributed by atoms with Gasteiger partial charge in [0.15, 0.2) is 5.78 Å². The van der Waals surface area contributed by atoms with Crippen LogP contribution in [0.4, 0.5) is 10.1 Å². The molecule has 0 aliphatic heterocycles. The normalized spacial score (nSPS) is 21.0. The standard InChI is InChI=1S/C25H26FN3O4.CH2O2/c1-28-20-10-16(26)9-19-18(20)11-22(31)23(24(19)29-12-14-6-17(27)7-14)21(30)8-13-2-4-15(5-3-13)25(32)33;2-1-3/h2-5,9-10,14,17,28,30H,6-8,11-12,27H2,1H3,(H,32,33);1H,(H,2,3). The molecule has 10 heteroatoms. The Morgan fingerprint density at radius 2 is 1.86 bits per heavy atom. The van der Waals surface area contributed by atoms with E-state index in [0.29, 0.717) is 28.9 Å². The number of rotatable bonds is 6. The fourth-order valence-electron chi connectivity index (χ4n) is 4.44. The van der Waals surface area contributed by atoms with E-state index in [4.69, 9.17) is 20.7 Å². The van der Waals surface area contributed by atoms with Crippen molar-refractivity contribution in [1.29, 1.82) is 0 Å². The highest BCUT2D eigenvalue weighted by Crippen LogP contribution is 2.33. The highest BCUT2D eigenvalue weighted by molar-refractivity contribution is 6.32. The number of ketones is 1. The second kappa shape index (κ2) is 11.6. The molecule has 0 unspecified atom stereocenters. The molecular formula is C26H28FN3O6. The lowest BCUT2D eigenvalue weighted by atomic mass is 9.80. The summed E-state index contributed by atoms with van der Waals surface area (Å²) in [7, 11) is 1.66. The molecule has 6 N–H and O–H groups in total. The molecule has 2 aliphatic rings. The number of hydrogen-bond donors (Lipinski definition) is 5. The fraction of sp³-hybridized carbons (Fsp3) is 0.308. The highest BCUT2D eigenvalue weighted by atomic mass is 19.1. The van der Waals surface area contributed by atoms with Crippen LogP contribution in [0.15, 0.2) is 52.7 Å². The van der Waals surface area contributed by atoms with Crippen LogP contribution in [-0.2, 0) is 22.4 Å². The molecule has 2 aliphatic carbocycles. The number of carboxylic acid groups (broad SMARTS) is 2. The summed E-state index contributed by atoms with van der Waals surface area (Å²) in [5, 5.41) is 29.9. The second-order valence-corrected chi connectivity index (χ2v) is 8.72. The van der Waals surface area contributed by atoms with E-state index in [2.05, 4.69) is 10.3 Å². The summed E-state index contributed by atoms with van der Waals surface area (Å²) >= 11 is 0. The number of nitrogens with two attached hydrogens (primary N) is 1. The lowest BCUT2D eigenvalue weighted by Gasteiger charge is -2.31. The number of halogens is 1. The number of aliphatic hydroxyl groups is 1. The number of nitrogens with zero attached hydrogens (tertiary/aromatic N) is 1. The first-order valence-electron chi connectivity index (χ1n) is 11.3. The van der Waals surface area contributed by atoms with Gasteiger partial charge < -0.3 is 26.4 Å². The average Bonchev–Trinajstić information content (AvgIpc) is 2.81. The van der Waals surface area contributed by atoms with Crippen LogP contribution in [0.25, 0.3) is 0 Å². The topological polar surface area (TPSA) is 162 Å². The summed E-state index contributed by atoms with van der Waals surface area (Å²) in [6, 6.07) is 8.91. The SMILES string of the molecule is CNc1cc(F)cc2c1CC(=O)C(=C(O)Cc1ccc(C(=O)O)cc1)C2=NCC1CC(N)C1.O=CO. The highest BCUT2D eigenvalue weighted by Gasteiger charge is 2.33. The van der Waals surface area contributed by atoms with Gasteiger partial charge in [0.1, 0.15) is 11.6 Å². The predicted octanol–water partition coefficient (Wildman–Crippen LogP) is 2.97. The molecule has 2 aromatic rings. The summed E-state index contributed by atoms with van der Waals surface area (Å²) in [5.74, 6) is -1.69. The van der Waals surface area contributed by atoms with E-state index in [0.717, 1.165) is 12.8 Å². The number of hydrogen-bond acceptors (Lipinski definition) is 7. The Balaban J connectivity index is 0.00000115. The Morgan fingerprint density at radius 3 is 2.42 bits per heavy atom. The van der Waals surface area contributed by atoms with Crippen LogP contribution in [0, 0.1) is 11.7 Å². The third-order valence-electron chi connectivity index (χ3n) is 6.23. The lowest BCUT2D eigenvalue weighted by molar-refractivity contribution is -0.123. The number of carbonyl (C=O) groups is 3. The van der Waals surface area contributed by atoms with Crippen LogP contribution in [0.5, 0.6) is 0 Å². The zero-order valence-corrected chi connectivity index (χ0v) is 19.7. The van der Waals surface area contributed by atoms with E-state index in [9.17, 15) is 19.1 Å². The van der Waals surface area contributed by atoms with Gasteiger partial charge in [-0.2, -0.15) is 0 Å². The van der Waals surface area contributed by atoms with Crippen molar-refractivity contribution in [1.82, 2.24) is 0 Å². The van der Waals surface area contributed by atoms with Crippen molar-refractivity contribution in [2.75, 3.05) is 18.9 Å². The third kappa shape index (κ3) is 5.95. The van der Waals surface area contributed by atoms with Crippen molar-refractivity contribution in [2.24, 2.45) is 16.6 Å². The smallest absolute Gasteiger partial charge is 0.335 e. The molecule has 4 rings (SSSR count). The third-order valence-corrected chi connectivity index (χ3v) is 6.23. The number of aliphatic imine (C=N–C) groups is 1. The maximum Gasteiger partial charge on any atom is 0.335 e. The molecular weight excluding hydrogens is 469 g/mol. The molecule has 0 spiro atoms. The van der Waals surface area contributed by atoms with Gasteiger partial charge in [0.05, 0.1) is 16.8 Å². The summed E-state index contributed by atoms with van der Waals surface area (Å²) < 4.78 is 14.4. The van der Waals surface area contributed by atoms with Gasteiger partial charge >= 0.3 is 5.97 Å². The molecule has 1 fully saturated rings. The molecule has 0 bridgehead atoms. The maximum atomic E-state index is 14.4. The lowest BCUT2D eigenvalue weighted by Crippen LogP contribution is -2.38. The van der Waals surface area contributed by atoms with E-state index < -0.39 is 11.8 Å². The predicted molar refractivity (Wildman–Crippen MR) is 132 cm³/mol. The minimum absolute atomic E-state index is 0.0104. The number of Topliss-reactive ketones (excluding diaryl/α,β-unsaturated/α-hetero) is 1. The summed E-state index contributed by atoms with van der Waals surface area (Å²) in [6.07, 6.45) is 1.71. The van der Waals surface area contributed by atoms with Crippen LogP contribution in [0.2, 0.25) is 0 Å². The number of carboxylic acids is 1. The molecule has 36 heavy (non-hydrogen) atoms. The van der Waals surface area contributed by atoms with E-state index in [1.165, 1.54) is 24.3 Å².